The Bertz CT molecular complexity index is 1180. The number of nitrogens with one attached hydrogen (secondary N) is 2. The first-order valence-corrected chi connectivity index (χ1v) is 11.6. The molecule has 0 amide bonds. The Morgan fingerprint density at radius 1 is 1.18 bits per heavy atom. The summed E-state index contributed by atoms with van der Waals surface area (Å²) in [6.45, 7) is 7.72. The van der Waals surface area contributed by atoms with Gasteiger partial charge in [-0.3, -0.25) is 10.2 Å². The molecule has 34 heavy (non-hydrogen) atoms. The molecule has 174 valence electrons. The Balaban J connectivity index is 1.39. The van der Waals surface area contributed by atoms with Gasteiger partial charge in [0.2, 0.25) is 5.96 Å². The lowest BCUT2D eigenvalue weighted by atomic mass is 9.93. The van der Waals surface area contributed by atoms with Crippen molar-refractivity contribution in [2.24, 2.45) is 21.0 Å². The molecule has 0 spiro atoms. The summed E-state index contributed by atoms with van der Waals surface area (Å²) in [6, 6.07) is 16.3. The van der Waals surface area contributed by atoms with Crippen molar-refractivity contribution in [1.29, 1.82) is 0 Å². The van der Waals surface area contributed by atoms with E-state index in [-0.39, 0.29) is 17.9 Å². The molecule has 5 rings (SSSR count). The molecule has 0 saturated carbocycles. The number of fused-ring (bicyclic) bond motifs is 1. The molecular formula is C26H29N7O. The molecule has 3 heterocycles. The zero-order valence-electron chi connectivity index (χ0n) is 19.3. The molecule has 0 radical (unpaired) electrons. The summed E-state index contributed by atoms with van der Waals surface area (Å²) in [5, 5.41) is 7.64. The molecule has 0 aromatic heterocycles. The number of likely N-dealkylation sites (N-methyl/N-ethyl adjacent to an activating group) is 1. The molecule has 2 unspecified atom stereocenters. The number of benzene rings is 2. The Morgan fingerprint density at radius 3 is 2.82 bits per heavy atom. The molecule has 0 bridgehead atoms. The maximum Gasteiger partial charge on any atom is 0.224 e. The molecule has 0 aliphatic carbocycles. The summed E-state index contributed by atoms with van der Waals surface area (Å²) >= 11 is 0. The van der Waals surface area contributed by atoms with Gasteiger partial charge >= 0.3 is 0 Å². The van der Waals surface area contributed by atoms with Crippen molar-refractivity contribution in [3.05, 3.63) is 72.3 Å². The van der Waals surface area contributed by atoms with Crippen LogP contribution in [0.2, 0.25) is 0 Å². The predicted octanol–water partition coefficient (Wildman–Crippen LogP) is 2.54. The quantitative estimate of drug-likeness (QED) is 0.654. The summed E-state index contributed by atoms with van der Waals surface area (Å²) in [6.07, 6.45) is 3.32. The third kappa shape index (κ3) is 4.77. The summed E-state index contributed by atoms with van der Waals surface area (Å²) in [7, 11) is 2.16. The van der Waals surface area contributed by atoms with Crippen LogP contribution < -0.4 is 15.6 Å². The fourth-order valence-corrected chi connectivity index (χ4v) is 4.45. The molecule has 3 aliphatic heterocycles. The van der Waals surface area contributed by atoms with Gasteiger partial charge in [0.15, 0.2) is 11.9 Å². The van der Waals surface area contributed by atoms with Gasteiger partial charge in [0.25, 0.3) is 0 Å². The van der Waals surface area contributed by atoms with Gasteiger partial charge < -0.3 is 15.1 Å². The second-order valence-electron chi connectivity index (χ2n) is 8.84. The second-order valence-corrected chi connectivity index (χ2v) is 8.84. The number of carbonyl (C=O) groups excluding carboxylic acids is 1. The van der Waals surface area contributed by atoms with Crippen molar-refractivity contribution in [3.8, 4) is 0 Å². The van der Waals surface area contributed by atoms with Crippen LogP contribution in [-0.4, -0.2) is 68.0 Å². The van der Waals surface area contributed by atoms with E-state index in [1.807, 2.05) is 36.5 Å². The molecule has 2 atom stereocenters. The highest BCUT2D eigenvalue weighted by molar-refractivity contribution is 6.18. The molecule has 2 aromatic rings. The van der Waals surface area contributed by atoms with Gasteiger partial charge in [-0.2, -0.15) is 5.10 Å². The van der Waals surface area contributed by atoms with Crippen LogP contribution in [0.4, 0.5) is 11.4 Å². The minimum absolute atomic E-state index is 0.00569. The van der Waals surface area contributed by atoms with E-state index in [9.17, 15) is 4.79 Å². The Kier molecular flexibility index (Phi) is 6.22. The van der Waals surface area contributed by atoms with E-state index in [0.29, 0.717) is 12.4 Å². The van der Waals surface area contributed by atoms with Gasteiger partial charge in [-0.05, 0) is 48.5 Å². The van der Waals surface area contributed by atoms with Crippen LogP contribution in [0.15, 0.2) is 76.3 Å². The number of hydrazone groups is 1. The molecule has 1 saturated heterocycles. The first-order valence-electron chi connectivity index (χ1n) is 11.6. The Labute approximate surface area is 199 Å². The van der Waals surface area contributed by atoms with E-state index in [1.165, 1.54) is 11.8 Å². The van der Waals surface area contributed by atoms with Crippen molar-refractivity contribution in [3.63, 3.8) is 0 Å². The molecule has 2 aromatic carbocycles. The van der Waals surface area contributed by atoms with Crippen molar-refractivity contribution >= 4 is 35.0 Å². The Hall–Kier alpha value is -3.78. The van der Waals surface area contributed by atoms with Crippen LogP contribution >= 0.6 is 0 Å². The third-order valence-corrected chi connectivity index (χ3v) is 6.39. The van der Waals surface area contributed by atoms with Gasteiger partial charge in [0, 0.05) is 50.2 Å². The number of carbonyl (C=O) groups is 1. The number of piperazine rings is 1. The number of hydrogen-bond donors (Lipinski definition) is 2. The van der Waals surface area contributed by atoms with E-state index in [0.717, 1.165) is 48.7 Å². The second kappa shape index (κ2) is 9.61. The van der Waals surface area contributed by atoms with E-state index in [4.69, 9.17) is 9.98 Å². The highest BCUT2D eigenvalue weighted by Crippen LogP contribution is 2.25. The molecule has 3 aliphatic rings. The van der Waals surface area contributed by atoms with Crippen LogP contribution in [0.25, 0.3) is 0 Å². The van der Waals surface area contributed by atoms with E-state index < -0.39 is 0 Å². The molecule has 1 fully saturated rings. The van der Waals surface area contributed by atoms with Gasteiger partial charge in [0.05, 0.1) is 11.6 Å². The summed E-state index contributed by atoms with van der Waals surface area (Å²) < 4.78 is 0. The lowest BCUT2D eigenvalue weighted by molar-refractivity contribution is -0.114. The SMILES string of the molecule is C=CC(=O)Cc1cccc(C2=NC(Nc3cccc(N4CCN(C)CC4)c3)=NC3NN=CC23)c1. The largest absolute Gasteiger partial charge is 0.369 e. The standard InChI is InChI=1S/C26H29N7O/c1-3-22(34)15-18-6-4-7-19(14-18)24-23-17-27-31-25(23)30-26(29-24)28-20-8-5-9-21(16-20)33-12-10-32(2)11-13-33/h3-9,14,16-17,23,25,31H,1,10-13,15H2,2H3,(H,28,30). The molecule has 8 nitrogen and oxygen atoms in total. The van der Waals surface area contributed by atoms with Crippen LogP contribution in [0.1, 0.15) is 11.1 Å². The van der Waals surface area contributed by atoms with Crippen molar-refractivity contribution in [2.75, 3.05) is 43.4 Å². The van der Waals surface area contributed by atoms with Gasteiger partial charge in [-0.25, -0.2) is 9.98 Å². The number of allylic oxidation sites excluding steroid dienone is 1. The average molecular weight is 456 g/mol. The lowest BCUT2D eigenvalue weighted by Gasteiger charge is -2.34. The minimum atomic E-state index is -0.214. The number of ketones is 1. The maximum absolute atomic E-state index is 11.9. The van der Waals surface area contributed by atoms with E-state index >= 15 is 0 Å². The van der Waals surface area contributed by atoms with E-state index in [1.54, 1.807) is 0 Å². The fourth-order valence-electron chi connectivity index (χ4n) is 4.45. The average Bonchev–Trinajstić information content (AvgIpc) is 3.33. The number of guanidine groups is 1. The lowest BCUT2D eigenvalue weighted by Crippen LogP contribution is -2.44. The van der Waals surface area contributed by atoms with Crippen molar-refractivity contribution in [1.82, 2.24) is 10.3 Å². The van der Waals surface area contributed by atoms with Crippen LogP contribution in [-0.2, 0) is 11.2 Å². The normalized spacial score (nSPS) is 21.9. The number of rotatable bonds is 6. The van der Waals surface area contributed by atoms with Gasteiger partial charge in [0.1, 0.15) is 0 Å². The zero-order valence-corrected chi connectivity index (χ0v) is 19.3. The minimum Gasteiger partial charge on any atom is -0.369 e. The van der Waals surface area contributed by atoms with Gasteiger partial charge in [-0.15, -0.1) is 0 Å². The highest BCUT2D eigenvalue weighted by Gasteiger charge is 2.33. The van der Waals surface area contributed by atoms with E-state index in [2.05, 4.69) is 57.5 Å². The Morgan fingerprint density at radius 2 is 2.00 bits per heavy atom. The summed E-state index contributed by atoms with van der Waals surface area (Å²) in [5.41, 5.74) is 7.98. The van der Waals surface area contributed by atoms with Crippen LogP contribution in [0, 0.1) is 5.92 Å². The molecular weight excluding hydrogens is 426 g/mol. The smallest absolute Gasteiger partial charge is 0.224 e. The number of hydrogen-bond acceptors (Lipinski definition) is 8. The van der Waals surface area contributed by atoms with Gasteiger partial charge in [-0.1, -0.05) is 30.8 Å². The maximum atomic E-state index is 11.9. The molecule has 8 heteroatoms. The number of aliphatic imine (C=N–C) groups is 2. The first kappa shape index (κ1) is 22.0. The fraction of sp³-hybridized carbons (Fsp3) is 0.308. The van der Waals surface area contributed by atoms with Crippen molar-refractivity contribution in [2.45, 2.75) is 12.6 Å². The monoisotopic (exact) mass is 455 g/mol. The number of anilines is 2. The summed E-state index contributed by atoms with van der Waals surface area (Å²) in [5.74, 6) is 0.471. The summed E-state index contributed by atoms with van der Waals surface area (Å²) in [4.78, 5) is 26.2. The molecule has 2 N–H and O–H groups in total. The van der Waals surface area contributed by atoms with Crippen LogP contribution in [0.3, 0.4) is 0 Å². The van der Waals surface area contributed by atoms with Crippen LogP contribution in [0.5, 0.6) is 0 Å². The van der Waals surface area contributed by atoms with Crippen molar-refractivity contribution < 1.29 is 4.79 Å². The zero-order chi connectivity index (χ0) is 23.5. The first-order chi connectivity index (χ1) is 16.6. The topological polar surface area (TPSA) is 84.7 Å². The third-order valence-electron chi connectivity index (χ3n) is 6.39. The highest BCUT2D eigenvalue weighted by atomic mass is 16.1. The number of nitrogens with zero attached hydrogens (tertiary/aromatic N) is 5. The predicted molar refractivity (Wildman–Crippen MR) is 138 cm³/mol.